The minimum absolute atomic E-state index is 0.190. The average molecular weight is 239 g/mol. The molecule has 98 valence electrons. The van der Waals surface area contributed by atoms with Crippen molar-refractivity contribution >= 4 is 5.91 Å². The van der Waals surface area contributed by atoms with Crippen LogP contribution in [0, 0.1) is 11.3 Å². The molecule has 1 saturated carbocycles. The Bertz CT molecular complexity index is 268. The lowest BCUT2D eigenvalue weighted by molar-refractivity contribution is -0.126. The summed E-state index contributed by atoms with van der Waals surface area (Å²) in [5.41, 5.74) is 5.46. The van der Waals surface area contributed by atoms with Gasteiger partial charge in [0, 0.05) is 13.1 Å². The van der Waals surface area contributed by atoms with Crippen LogP contribution in [0.15, 0.2) is 0 Å². The molecule has 0 radical (unpaired) electrons. The maximum Gasteiger partial charge on any atom is 0.227 e. The van der Waals surface area contributed by atoms with Gasteiger partial charge in [-0.3, -0.25) is 4.79 Å². The molecule has 4 nitrogen and oxygen atoms in total. The predicted octanol–water partition coefficient (Wildman–Crippen LogP) is 0.573. The van der Waals surface area contributed by atoms with Gasteiger partial charge in [0.15, 0.2) is 0 Å². The largest absolute Gasteiger partial charge is 0.355 e. The highest BCUT2D eigenvalue weighted by Gasteiger charge is 2.48. The van der Waals surface area contributed by atoms with Gasteiger partial charge in [-0.05, 0) is 51.2 Å². The molecule has 0 atom stereocenters. The second-order valence-electron chi connectivity index (χ2n) is 5.57. The second-order valence-corrected chi connectivity index (χ2v) is 5.57. The number of piperidine rings is 1. The van der Waals surface area contributed by atoms with Gasteiger partial charge in [0.1, 0.15) is 0 Å². The van der Waals surface area contributed by atoms with Gasteiger partial charge >= 0.3 is 0 Å². The number of rotatable bonds is 5. The van der Waals surface area contributed by atoms with Crippen molar-refractivity contribution < 1.29 is 4.79 Å². The Hall–Kier alpha value is -0.610. The van der Waals surface area contributed by atoms with Gasteiger partial charge in [0.25, 0.3) is 0 Å². The summed E-state index contributed by atoms with van der Waals surface area (Å²) in [6, 6.07) is 0. The van der Waals surface area contributed by atoms with Crippen molar-refractivity contribution in [2.24, 2.45) is 17.1 Å². The zero-order valence-electron chi connectivity index (χ0n) is 10.9. The Morgan fingerprint density at radius 1 is 1.41 bits per heavy atom. The molecule has 4 heteroatoms. The van der Waals surface area contributed by atoms with E-state index in [2.05, 4.69) is 17.1 Å². The highest BCUT2D eigenvalue weighted by atomic mass is 16.2. The third-order valence-corrected chi connectivity index (χ3v) is 4.43. The number of hydrogen-bond donors (Lipinski definition) is 2. The number of carbonyl (C=O) groups is 1. The Balaban J connectivity index is 1.67. The van der Waals surface area contributed by atoms with Crippen molar-refractivity contribution in [2.75, 3.05) is 32.7 Å². The first kappa shape index (κ1) is 12.8. The SMILES string of the molecule is CCN1CCC(CNC(=O)C2(CN)CC2)CC1. The fourth-order valence-corrected chi connectivity index (χ4v) is 2.61. The Labute approximate surface area is 104 Å². The standard InChI is InChI=1S/C13H25N3O/c1-2-16-7-3-11(4-8-16)9-15-12(17)13(10-14)5-6-13/h11H,2-10,14H2,1H3,(H,15,17). The molecule has 0 aromatic heterocycles. The molecule has 1 aliphatic carbocycles. The van der Waals surface area contributed by atoms with Gasteiger partial charge in [0.2, 0.25) is 5.91 Å². The van der Waals surface area contributed by atoms with E-state index in [1.807, 2.05) is 0 Å². The highest BCUT2D eigenvalue weighted by Crippen LogP contribution is 2.44. The van der Waals surface area contributed by atoms with Crippen LogP contribution in [-0.2, 0) is 4.79 Å². The van der Waals surface area contributed by atoms with Crippen LogP contribution >= 0.6 is 0 Å². The van der Waals surface area contributed by atoms with E-state index in [0.29, 0.717) is 12.5 Å². The topological polar surface area (TPSA) is 58.4 Å². The molecule has 2 aliphatic rings. The Kier molecular flexibility index (Phi) is 4.05. The molecule has 1 heterocycles. The summed E-state index contributed by atoms with van der Waals surface area (Å²) in [5.74, 6) is 0.855. The summed E-state index contributed by atoms with van der Waals surface area (Å²) < 4.78 is 0. The molecule has 0 spiro atoms. The fraction of sp³-hybridized carbons (Fsp3) is 0.923. The van der Waals surface area contributed by atoms with Crippen molar-refractivity contribution in [3.8, 4) is 0 Å². The van der Waals surface area contributed by atoms with E-state index in [4.69, 9.17) is 5.73 Å². The summed E-state index contributed by atoms with van der Waals surface area (Å²) in [6.45, 7) is 7.07. The minimum atomic E-state index is -0.190. The van der Waals surface area contributed by atoms with Gasteiger partial charge in [-0.25, -0.2) is 0 Å². The molecule has 1 saturated heterocycles. The number of hydrogen-bond acceptors (Lipinski definition) is 3. The van der Waals surface area contributed by atoms with E-state index in [0.717, 1.165) is 25.9 Å². The molecule has 2 fully saturated rings. The summed E-state index contributed by atoms with van der Waals surface area (Å²) in [6.07, 6.45) is 4.38. The van der Waals surface area contributed by atoms with Crippen molar-refractivity contribution in [1.82, 2.24) is 10.2 Å². The number of likely N-dealkylation sites (tertiary alicyclic amines) is 1. The lowest BCUT2D eigenvalue weighted by Gasteiger charge is -2.31. The molecule has 0 bridgehead atoms. The lowest BCUT2D eigenvalue weighted by atomic mass is 9.96. The number of carbonyl (C=O) groups excluding carboxylic acids is 1. The molecule has 0 unspecified atom stereocenters. The monoisotopic (exact) mass is 239 g/mol. The minimum Gasteiger partial charge on any atom is -0.355 e. The van der Waals surface area contributed by atoms with E-state index >= 15 is 0 Å². The molecule has 2 rings (SSSR count). The fourth-order valence-electron chi connectivity index (χ4n) is 2.61. The molecule has 3 N–H and O–H groups in total. The quantitative estimate of drug-likeness (QED) is 0.737. The number of nitrogens with one attached hydrogen (secondary N) is 1. The number of amides is 1. The number of nitrogens with two attached hydrogens (primary N) is 1. The van der Waals surface area contributed by atoms with Crippen LogP contribution < -0.4 is 11.1 Å². The van der Waals surface area contributed by atoms with E-state index in [-0.39, 0.29) is 11.3 Å². The Morgan fingerprint density at radius 3 is 2.53 bits per heavy atom. The van der Waals surface area contributed by atoms with Gasteiger partial charge in [0.05, 0.1) is 5.41 Å². The zero-order chi connectivity index (χ0) is 12.3. The number of nitrogens with zero attached hydrogens (tertiary/aromatic N) is 1. The predicted molar refractivity (Wildman–Crippen MR) is 68.6 cm³/mol. The molecular formula is C13H25N3O. The highest BCUT2D eigenvalue weighted by molar-refractivity contribution is 5.85. The van der Waals surface area contributed by atoms with Crippen LogP contribution in [0.1, 0.15) is 32.6 Å². The van der Waals surface area contributed by atoms with E-state index in [9.17, 15) is 4.79 Å². The molecular weight excluding hydrogens is 214 g/mol. The molecule has 0 aromatic rings. The van der Waals surface area contributed by atoms with Crippen LogP contribution in [0.5, 0.6) is 0 Å². The normalized spacial score (nSPS) is 24.6. The van der Waals surface area contributed by atoms with Crippen LogP contribution in [0.2, 0.25) is 0 Å². The average Bonchev–Trinajstić information content (AvgIpc) is 3.17. The third-order valence-electron chi connectivity index (χ3n) is 4.43. The van der Waals surface area contributed by atoms with Gasteiger partial charge in [-0.15, -0.1) is 0 Å². The van der Waals surface area contributed by atoms with Gasteiger partial charge in [-0.1, -0.05) is 6.92 Å². The van der Waals surface area contributed by atoms with Crippen LogP contribution in [-0.4, -0.2) is 43.5 Å². The summed E-state index contributed by atoms with van der Waals surface area (Å²) in [4.78, 5) is 14.4. The van der Waals surface area contributed by atoms with E-state index in [1.165, 1.54) is 25.9 Å². The molecule has 1 aliphatic heterocycles. The van der Waals surface area contributed by atoms with Crippen LogP contribution in [0.25, 0.3) is 0 Å². The van der Waals surface area contributed by atoms with E-state index < -0.39 is 0 Å². The first-order valence-corrected chi connectivity index (χ1v) is 6.91. The van der Waals surface area contributed by atoms with Gasteiger partial charge in [-0.2, -0.15) is 0 Å². The maximum absolute atomic E-state index is 11.9. The van der Waals surface area contributed by atoms with Crippen molar-refractivity contribution in [1.29, 1.82) is 0 Å². The van der Waals surface area contributed by atoms with Crippen LogP contribution in [0.3, 0.4) is 0 Å². The third kappa shape index (κ3) is 2.99. The Morgan fingerprint density at radius 2 is 2.06 bits per heavy atom. The smallest absolute Gasteiger partial charge is 0.227 e. The van der Waals surface area contributed by atoms with Crippen molar-refractivity contribution in [3.63, 3.8) is 0 Å². The summed E-state index contributed by atoms with van der Waals surface area (Å²) in [7, 11) is 0. The van der Waals surface area contributed by atoms with Gasteiger partial charge < -0.3 is 16.0 Å². The zero-order valence-corrected chi connectivity index (χ0v) is 10.9. The first-order chi connectivity index (χ1) is 8.20. The van der Waals surface area contributed by atoms with E-state index in [1.54, 1.807) is 0 Å². The van der Waals surface area contributed by atoms with Crippen LogP contribution in [0.4, 0.5) is 0 Å². The molecule has 17 heavy (non-hydrogen) atoms. The summed E-state index contributed by atoms with van der Waals surface area (Å²) >= 11 is 0. The summed E-state index contributed by atoms with van der Waals surface area (Å²) in [5, 5.41) is 3.10. The lowest BCUT2D eigenvalue weighted by Crippen LogP contribution is -2.42. The van der Waals surface area contributed by atoms with Crippen molar-refractivity contribution in [3.05, 3.63) is 0 Å². The maximum atomic E-state index is 11.9. The first-order valence-electron chi connectivity index (χ1n) is 6.91. The molecule has 1 amide bonds. The van der Waals surface area contributed by atoms with Crippen molar-refractivity contribution in [2.45, 2.75) is 32.6 Å². The second kappa shape index (κ2) is 5.36. The molecule has 0 aromatic carbocycles.